The Morgan fingerprint density at radius 1 is 1.16 bits per heavy atom. The van der Waals surface area contributed by atoms with Gasteiger partial charge in [-0.25, -0.2) is 19.2 Å². The van der Waals surface area contributed by atoms with E-state index >= 15 is 4.39 Å². The third kappa shape index (κ3) is 8.94. The molecule has 4 aromatic rings. The molecule has 0 saturated carbocycles. The number of pyridine rings is 2. The standard InChI is InChI=1S/C40H47ClF2N8O5/c1-23-25(9-7-10-29(23)47-37(53)36-46-31-22-50(17-8-15-42)18-14-32(31)49(36)5)35-34(41)26(13-16-44-35)30-19-28(43)27(38(48-30)55-6)21-51(39(54)56-40(2,3)4)20-24-11-12-33(52)45-24/h7,9-10,13,16,19,24H,8,11-12,14-15,17-18,20-22H2,1-6H3,(H,45,52)(H,47,53)/t24-/m0/s1. The lowest BCUT2D eigenvalue weighted by atomic mass is 10.0. The predicted molar refractivity (Wildman–Crippen MR) is 208 cm³/mol. The normalized spacial score (nSPS) is 15.7. The minimum atomic E-state index is -0.807. The Morgan fingerprint density at radius 3 is 2.64 bits per heavy atom. The molecule has 2 aliphatic rings. The summed E-state index contributed by atoms with van der Waals surface area (Å²) < 4.78 is 41.9. The molecule has 1 atom stereocenters. The number of ether oxygens (including phenoxy) is 2. The molecule has 56 heavy (non-hydrogen) atoms. The number of hydrogen-bond acceptors (Lipinski definition) is 9. The van der Waals surface area contributed by atoms with Crippen LogP contribution in [-0.2, 0) is 36.1 Å². The molecule has 5 heterocycles. The second-order valence-corrected chi connectivity index (χ2v) is 15.4. The van der Waals surface area contributed by atoms with Crippen molar-refractivity contribution in [2.45, 2.75) is 78.1 Å². The summed E-state index contributed by atoms with van der Waals surface area (Å²) in [5.74, 6) is -0.958. The van der Waals surface area contributed by atoms with Gasteiger partial charge in [-0.15, -0.1) is 0 Å². The van der Waals surface area contributed by atoms with Gasteiger partial charge in [0.1, 0.15) is 11.4 Å². The number of rotatable bonds is 12. The summed E-state index contributed by atoms with van der Waals surface area (Å²) >= 11 is 7.01. The summed E-state index contributed by atoms with van der Waals surface area (Å²) in [5.41, 5.74) is 3.82. The van der Waals surface area contributed by atoms with Crippen LogP contribution in [0.1, 0.15) is 73.2 Å². The maximum Gasteiger partial charge on any atom is 0.410 e. The molecule has 298 valence electrons. The van der Waals surface area contributed by atoms with E-state index in [2.05, 4.69) is 30.5 Å². The molecule has 0 unspecified atom stereocenters. The summed E-state index contributed by atoms with van der Waals surface area (Å²) in [6.07, 6.45) is 2.91. The number of carbonyl (C=O) groups excluding carboxylic acids is 3. The summed E-state index contributed by atoms with van der Waals surface area (Å²) in [7, 11) is 3.18. The Labute approximate surface area is 329 Å². The van der Waals surface area contributed by atoms with Crippen molar-refractivity contribution in [2.75, 3.05) is 38.7 Å². The first-order valence-electron chi connectivity index (χ1n) is 18.6. The van der Waals surface area contributed by atoms with Gasteiger partial charge in [0, 0.05) is 86.9 Å². The fourth-order valence-electron chi connectivity index (χ4n) is 7.06. The molecule has 0 bridgehead atoms. The molecular formula is C40H47ClF2N8O5. The van der Waals surface area contributed by atoms with Crippen LogP contribution in [0.25, 0.3) is 22.5 Å². The smallest absolute Gasteiger partial charge is 0.410 e. The SMILES string of the molecule is COc1nc(-c2ccnc(-c3cccc(NC(=O)c4nc5c(n4C)CCN(CCCF)C5)c3C)c2Cl)cc(F)c1CN(C[C@@H]1CCC(=O)N1)C(=O)OC(C)(C)C. The molecule has 1 aromatic carbocycles. The average Bonchev–Trinajstić information content (AvgIpc) is 3.72. The zero-order chi connectivity index (χ0) is 40.3. The number of imidazole rings is 1. The fourth-order valence-corrected chi connectivity index (χ4v) is 7.37. The van der Waals surface area contributed by atoms with Crippen molar-refractivity contribution in [3.63, 3.8) is 0 Å². The van der Waals surface area contributed by atoms with Gasteiger partial charge < -0.3 is 29.6 Å². The van der Waals surface area contributed by atoms with Gasteiger partial charge in [-0.05, 0) is 58.2 Å². The number of hydrogen-bond donors (Lipinski definition) is 2. The van der Waals surface area contributed by atoms with Gasteiger partial charge in [-0.1, -0.05) is 23.7 Å². The van der Waals surface area contributed by atoms with Gasteiger partial charge in [0.2, 0.25) is 11.8 Å². The molecule has 2 aliphatic heterocycles. The van der Waals surface area contributed by atoms with Gasteiger partial charge in [0.05, 0.1) is 48.0 Å². The minimum absolute atomic E-state index is 0.0267. The van der Waals surface area contributed by atoms with E-state index in [1.165, 1.54) is 24.3 Å². The highest BCUT2D eigenvalue weighted by molar-refractivity contribution is 6.35. The zero-order valence-corrected chi connectivity index (χ0v) is 33.2. The molecule has 3 amide bonds. The predicted octanol–water partition coefficient (Wildman–Crippen LogP) is 6.64. The number of aromatic nitrogens is 4. The first-order valence-corrected chi connectivity index (χ1v) is 18.9. The van der Waals surface area contributed by atoms with E-state index in [0.717, 1.165) is 17.9 Å². The number of methoxy groups -OCH3 is 1. The zero-order valence-electron chi connectivity index (χ0n) is 32.5. The van der Waals surface area contributed by atoms with Gasteiger partial charge in [-0.2, -0.15) is 0 Å². The topological polar surface area (TPSA) is 144 Å². The Bertz CT molecular complexity index is 2140. The number of nitrogens with zero attached hydrogens (tertiary/aromatic N) is 6. The lowest BCUT2D eigenvalue weighted by Gasteiger charge is -2.29. The molecule has 6 rings (SSSR count). The van der Waals surface area contributed by atoms with Crippen LogP contribution >= 0.6 is 11.6 Å². The van der Waals surface area contributed by atoms with Crippen molar-refractivity contribution in [1.29, 1.82) is 0 Å². The second-order valence-electron chi connectivity index (χ2n) is 15.1. The lowest BCUT2D eigenvalue weighted by Crippen LogP contribution is -2.44. The van der Waals surface area contributed by atoms with Gasteiger partial charge in [0.15, 0.2) is 5.82 Å². The first-order chi connectivity index (χ1) is 26.7. The van der Waals surface area contributed by atoms with Crippen molar-refractivity contribution >= 4 is 35.2 Å². The molecule has 0 spiro atoms. The second kappa shape index (κ2) is 16.9. The number of benzene rings is 1. The molecule has 0 aliphatic carbocycles. The lowest BCUT2D eigenvalue weighted by molar-refractivity contribution is -0.119. The van der Waals surface area contributed by atoms with E-state index in [-0.39, 0.29) is 65.6 Å². The first kappa shape index (κ1) is 40.5. The number of alkyl halides is 1. The highest BCUT2D eigenvalue weighted by Gasteiger charge is 2.31. The van der Waals surface area contributed by atoms with E-state index in [1.807, 2.05) is 24.6 Å². The average molecular weight is 793 g/mol. The van der Waals surface area contributed by atoms with Crippen LogP contribution in [0.3, 0.4) is 0 Å². The molecule has 1 fully saturated rings. The summed E-state index contributed by atoms with van der Waals surface area (Å²) in [5, 5.41) is 6.04. The van der Waals surface area contributed by atoms with Crippen LogP contribution in [0, 0.1) is 12.7 Å². The minimum Gasteiger partial charge on any atom is -0.481 e. The summed E-state index contributed by atoms with van der Waals surface area (Å²) in [6, 6.07) is 7.90. The van der Waals surface area contributed by atoms with Gasteiger partial charge >= 0.3 is 6.09 Å². The number of fused-ring (bicyclic) bond motifs is 1. The molecule has 1 saturated heterocycles. The molecular weight excluding hydrogens is 746 g/mol. The number of amides is 3. The molecule has 13 nitrogen and oxygen atoms in total. The van der Waals surface area contributed by atoms with Crippen LogP contribution in [0.5, 0.6) is 5.88 Å². The Balaban J connectivity index is 1.25. The Morgan fingerprint density at radius 2 is 1.95 bits per heavy atom. The van der Waals surface area contributed by atoms with Crippen molar-refractivity contribution in [3.05, 3.63) is 75.7 Å². The fraction of sp³-hybridized carbons (Fsp3) is 0.450. The Kier molecular flexibility index (Phi) is 12.2. The number of anilines is 1. The van der Waals surface area contributed by atoms with Crippen molar-refractivity contribution in [3.8, 4) is 28.4 Å². The number of nitrogens with one attached hydrogen (secondary N) is 2. The third-order valence-electron chi connectivity index (χ3n) is 9.90. The van der Waals surface area contributed by atoms with Gasteiger partial charge in [0.25, 0.3) is 5.91 Å². The van der Waals surface area contributed by atoms with Crippen LogP contribution in [0.2, 0.25) is 5.02 Å². The third-order valence-corrected chi connectivity index (χ3v) is 10.3. The summed E-state index contributed by atoms with van der Waals surface area (Å²) in [6.45, 7) is 8.52. The van der Waals surface area contributed by atoms with Crippen LogP contribution in [0.15, 0.2) is 36.5 Å². The highest BCUT2D eigenvalue weighted by Crippen LogP contribution is 2.39. The van der Waals surface area contributed by atoms with Crippen molar-refractivity contribution < 1.29 is 32.6 Å². The molecule has 16 heteroatoms. The Hall–Kier alpha value is -5.15. The maximum absolute atomic E-state index is 16.1. The molecule has 2 N–H and O–H groups in total. The number of carbonyl (C=O) groups is 3. The van der Waals surface area contributed by atoms with E-state index in [9.17, 15) is 18.8 Å². The van der Waals surface area contributed by atoms with Crippen LogP contribution in [-0.4, -0.2) is 92.3 Å². The molecule has 0 radical (unpaired) electrons. The summed E-state index contributed by atoms with van der Waals surface area (Å²) in [4.78, 5) is 56.1. The molecule has 3 aromatic heterocycles. The van der Waals surface area contributed by atoms with Crippen LogP contribution < -0.4 is 15.4 Å². The van der Waals surface area contributed by atoms with Crippen molar-refractivity contribution in [2.24, 2.45) is 7.05 Å². The largest absolute Gasteiger partial charge is 0.481 e. The van der Waals surface area contributed by atoms with Crippen LogP contribution in [0.4, 0.5) is 19.3 Å². The van der Waals surface area contributed by atoms with Crippen molar-refractivity contribution in [1.82, 2.24) is 34.6 Å². The van der Waals surface area contributed by atoms with E-state index in [0.29, 0.717) is 66.8 Å². The highest BCUT2D eigenvalue weighted by atomic mass is 35.5. The monoisotopic (exact) mass is 792 g/mol. The van der Waals surface area contributed by atoms with E-state index in [1.54, 1.807) is 39.0 Å². The number of halogens is 3. The maximum atomic E-state index is 16.1. The van der Waals surface area contributed by atoms with Gasteiger partial charge in [-0.3, -0.25) is 23.9 Å². The van der Waals surface area contributed by atoms with E-state index < -0.39 is 17.5 Å². The van der Waals surface area contributed by atoms with E-state index in [4.69, 9.17) is 21.1 Å². The quantitative estimate of drug-likeness (QED) is 0.161.